The van der Waals surface area contributed by atoms with Gasteiger partial charge in [0, 0.05) is 51.3 Å². The number of hydrogen-bond donors (Lipinski definition) is 1. The molecule has 1 atom stereocenters. The Kier molecular flexibility index (Phi) is 8.54. The molecule has 2 heterocycles. The minimum Gasteiger partial charge on any atom is -0.496 e. The van der Waals surface area contributed by atoms with Crippen molar-refractivity contribution in [1.82, 2.24) is 0 Å². The zero-order valence-corrected chi connectivity index (χ0v) is 17.3. The Labute approximate surface area is 167 Å². The molecule has 2 aliphatic heterocycles. The number of hydrogen-bond acceptors (Lipinski definition) is 6. The number of anilines is 2. The summed E-state index contributed by atoms with van der Waals surface area (Å²) in [6.45, 7) is 3.79. The molecule has 3 rings (SSSR count). The number of aldehydes is 1. The molecule has 1 aromatic rings. The SMILES string of the molecule is COC.COc1cc(N2C=C[C@H](C)CC=C2C2CCOCC2)c(N)cc1C=O. The van der Waals surface area contributed by atoms with E-state index in [9.17, 15) is 4.79 Å². The van der Waals surface area contributed by atoms with E-state index in [1.165, 1.54) is 5.70 Å². The fraction of sp³-hybridized carbons (Fsp3) is 0.500. The van der Waals surface area contributed by atoms with Crippen molar-refractivity contribution in [3.05, 3.63) is 41.7 Å². The fourth-order valence-corrected chi connectivity index (χ4v) is 3.46. The van der Waals surface area contributed by atoms with Crippen LogP contribution in [-0.4, -0.2) is 40.8 Å². The Morgan fingerprint density at radius 3 is 2.50 bits per heavy atom. The molecule has 0 aromatic heterocycles. The molecule has 0 saturated carbocycles. The van der Waals surface area contributed by atoms with E-state index in [1.807, 2.05) is 6.07 Å². The molecule has 2 aliphatic rings. The number of nitrogens with two attached hydrogens (primary N) is 1. The van der Waals surface area contributed by atoms with Crippen molar-refractivity contribution in [1.29, 1.82) is 0 Å². The van der Waals surface area contributed by atoms with Crippen LogP contribution in [-0.2, 0) is 9.47 Å². The third-order valence-electron chi connectivity index (χ3n) is 4.95. The second-order valence-corrected chi connectivity index (χ2v) is 7.12. The Morgan fingerprint density at radius 2 is 1.89 bits per heavy atom. The molecule has 1 aromatic carbocycles. The van der Waals surface area contributed by atoms with E-state index >= 15 is 0 Å². The molecule has 1 fully saturated rings. The number of ether oxygens (including phenoxy) is 3. The van der Waals surface area contributed by atoms with Crippen LogP contribution in [0.15, 0.2) is 36.2 Å². The molecule has 0 bridgehead atoms. The van der Waals surface area contributed by atoms with E-state index < -0.39 is 0 Å². The smallest absolute Gasteiger partial charge is 0.153 e. The molecule has 2 N–H and O–H groups in total. The zero-order valence-electron chi connectivity index (χ0n) is 17.3. The number of benzene rings is 1. The lowest BCUT2D eigenvalue weighted by molar-refractivity contribution is 0.0753. The van der Waals surface area contributed by atoms with Gasteiger partial charge in [-0.3, -0.25) is 4.79 Å². The summed E-state index contributed by atoms with van der Waals surface area (Å²) in [4.78, 5) is 13.4. The lowest BCUT2D eigenvalue weighted by Crippen LogP contribution is -2.27. The molecule has 1 saturated heterocycles. The minimum atomic E-state index is 0.444. The van der Waals surface area contributed by atoms with Gasteiger partial charge in [0.1, 0.15) is 5.75 Å². The summed E-state index contributed by atoms with van der Waals surface area (Å²) in [5, 5.41) is 0. The number of carbonyl (C=O) groups is 1. The number of nitrogens with zero attached hydrogens (tertiary/aromatic N) is 1. The molecule has 0 aliphatic carbocycles. The van der Waals surface area contributed by atoms with E-state index in [2.05, 4.69) is 34.9 Å². The van der Waals surface area contributed by atoms with Crippen molar-refractivity contribution in [3.63, 3.8) is 0 Å². The standard InChI is InChI=1S/C20H26N2O3.C2H6O/c1-14-3-4-18(15-6-9-25-10-7-15)22(8-5-14)19-12-20(24-2)16(13-23)11-17(19)21;1-3-2/h4-5,8,11-15H,3,6-7,9-10,21H2,1-2H3;1-2H3/t14-;/m1./s1. The van der Waals surface area contributed by atoms with Gasteiger partial charge in [-0.05, 0) is 31.2 Å². The van der Waals surface area contributed by atoms with E-state index in [0.717, 1.165) is 44.4 Å². The molecule has 0 radical (unpaired) electrons. The van der Waals surface area contributed by atoms with Gasteiger partial charge in [0.15, 0.2) is 6.29 Å². The number of carbonyl (C=O) groups excluding carboxylic acids is 1. The van der Waals surface area contributed by atoms with Crippen molar-refractivity contribution in [3.8, 4) is 5.75 Å². The summed E-state index contributed by atoms with van der Waals surface area (Å²) in [5.41, 5.74) is 9.43. The van der Waals surface area contributed by atoms with Crippen LogP contribution in [0.25, 0.3) is 0 Å². The quantitative estimate of drug-likeness (QED) is 0.620. The number of rotatable bonds is 4. The lowest BCUT2D eigenvalue weighted by Gasteiger charge is -2.33. The highest BCUT2D eigenvalue weighted by atomic mass is 16.5. The molecule has 28 heavy (non-hydrogen) atoms. The molecular weight excluding hydrogens is 356 g/mol. The first-order valence-corrected chi connectivity index (χ1v) is 9.63. The van der Waals surface area contributed by atoms with Crippen LogP contribution in [0.5, 0.6) is 5.75 Å². The maximum Gasteiger partial charge on any atom is 0.153 e. The molecule has 6 heteroatoms. The molecule has 0 amide bonds. The average Bonchev–Trinajstić information content (AvgIpc) is 2.90. The molecular formula is C22H32N2O4. The van der Waals surface area contributed by atoms with Crippen molar-refractivity contribution in [2.24, 2.45) is 11.8 Å². The topological polar surface area (TPSA) is 74.0 Å². The van der Waals surface area contributed by atoms with Gasteiger partial charge in [0.05, 0.1) is 24.0 Å². The first kappa shape index (κ1) is 22.0. The van der Waals surface area contributed by atoms with Crippen LogP contribution >= 0.6 is 0 Å². The Morgan fingerprint density at radius 1 is 1.21 bits per heavy atom. The molecule has 6 nitrogen and oxygen atoms in total. The van der Waals surface area contributed by atoms with E-state index in [-0.39, 0.29) is 0 Å². The monoisotopic (exact) mass is 388 g/mol. The van der Waals surface area contributed by atoms with Crippen molar-refractivity contribution in [2.75, 3.05) is 45.2 Å². The van der Waals surface area contributed by atoms with Crippen LogP contribution < -0.4 is 15.4 Å². The third-order valence-corrected chi connectivity index (χ3v) is 4.95. The summed E-state index contributed by atoms with van der Waals surface area (Å²) in [6, 6.07) is 3.54. The number of allylic oxidation sites excluding steroid dienone is 3. The van der Waals surface area contributed by atoms with Gasteiger partial charge in [-0.25, -0.2) is 0 Å². The van der Waals surface area contributed by atoms with Gasteiger partial charge < -0.3 is 24.8 Å². The molecule has 154 valence electrons. The van der Waals surface area contributed by atoms with Gasteiger partial charge in [-0.2, -0.15) is 0 Å². The first-order valence-electron chi connectivity index (χ1n) is 9.63. The second-order valence-electron chi connectivity index (χ2n) is 7.12. The predicted molar refractivity (Wildman–Crippen MR) is 113 cm³/mol. The number of nitrogen functional groups attached to an aromatic ring is 1. The Hall–Kier alpha value is -2.31. The van der Waals surface area contributed by atoms with Crippen molar-refractivity contribution >= 4 is 17.7 Å². The number of methoxy groups -OCH3 is 2. The summed E-state index contributed by atoms with van der Waals surface area (Å²) < 4.78 is 15.2. The lowest BCUT2D eigenvalue weighted by atomic mass is 9.93. The summed E-state index contributed by atoms with van der Waals surface area (Å²) >= 11 is 0. The van der Waals surface area contributed by atoms with Gasteiger partial charge in [-0.1, -0.05) is 19.1 Å². The highest BCUT2D eigenvalue weighted by Gasteiger charge is 2.26. The second kappa shape index (κ2) is 10.9. The van der Waals surface area contributed by atoms with Gasteiger partial charge in [0.25, 0.3) is 0 Å². The third kappa shape index (κ3) is 5.36. The van der Waals surface area contributed by atoms with Crippen LogP contribution in [0, 0.1) is 11.8 Å². The first-order chi connectivity index (χ1) is 13.5. The Balaban J connectivity index is 0.000000878. The van der Waals surface area contributed by atoms with Gasteiger partial charge in [0.2, 0.25) is 0 Å². The van der Waals surface area contributed by atoms with Crippen LogP contribution in [0.2, 0.25) is 0 Å². The van der Waals surface area contributed by atoms with Crippen molar-refractivity contribution < 1.29 is 19.0 Å². The molecule has 0 spiro atoms. The summed E-state index contributed by atoms with van der Waals surface area (Å²) in [7, 11) is 4.82. The van der Waals surface area contributed by atoms with Crippen LogP contribution in [0.4, 0.5) is 11.4 Å². The normalized spacial score (nSPS) is 19.9. The van der Waals surface area contributed by atoms with Crippen LogP contribution in [0.1, 0.15) is 36.5 Å². The largest absolute Gasteiger partial charge is 0.496 e. The minimum absolute atomic E-state index is 0.444. The highest BCUT2D eigenvalue weighted by Crippen LogP contribution is 2.38. The van der Waals surface area contributed by atoms with E-state index in [0.29, 0.717) is 28.8 Å². The summed E-state index contributed by atoms with van der Waals surface area (Å²) in [6.07, 6.45) is 10.4. The predicted octanol–water partition coefficient (Wildman–Crippen LogP) is 4.02. The van der Waals surface area contributed by atoms with E-state index in [4.69, 9.17) is 15.2 Å². The zero-order chi connectivity index (χ0) is 20.5. The van der Waals surface area contributed by atoms with Crippen molar-refractivity contribution in [2.45, 2.75) is 26.2 Å². The van der Waals surface area contributed by atoms with Gasteiger partial charge in [-0.15, -0.1) is 0 Å². The maximum absolute atomic E-state index is 11.2. The average molecular weight is 389 g/mol. The molecule has 0 unspecified atom stereocenters. The van der Waals surface area contributed by atoms with E-state index in [1.54, 1.807) is 27.4 Å². The fourth-order valence-electron chi connectivity index (χ4n) is 3.46. The maximum atomic E-state index is 11.2. The summed E-state index contributed by atoms with van der Waals surface area (Å²) in [5.74, 6) is 1.45. The highest BCUT2D eigenvalue weighted by molar-refractivity contribution is 5.86. The van der Waals surface area contributed by atoms with Crippen LogP contribution in [0.3, 0.4) is 0 Å². The Bertz CT molecular complexity index is 709. The van der Waals surface area contributed by atoms with Gasteiger partial charge >= 0.3 is 0 Å².